The van der Waals surface area contributed by atoms with Crippen molar-refractivity contribution in [2.45, 2.75) is 52.3 Å². The van der Waals surface area contributed by atoms with Crippen molar-refractivity contribution < 1.29 is 14.2 Å². The number of benzene rings is 1. The fraction of sp³-hybridized carbons (Fsp3) is 0.625. The van der Waals surface area contributed by atoms with Crippen LogP contribution in [0.1, 0.15) is 33.3 Å². The molecule has 1 heterocycles. The number of ether oxygens (including phenoxy) is 3. The highest BCUT2D eigenvalue weighted by Crippen LogP contribution is 2.30. The first-order chi connectivity index (χ1) is 8.98. The maximum Gasteiger partial charge on any atom is 0.163 e. The number of hydrogen-bond donors (Lipinski definition) is 0. The monoisotopic (exact) mass is 264 g/mol. The minimum absolute atomic E-state index is 0.0856. The van der Waals surface area contributed by atoms with Crippen LogP contribution in [0.2, 0.25) is 0 Å². The van der Waals surface area contributed by atoms with Gasteiger partial charge in [-0.15, -0.1) is 0 Å². The second-order valence-electron chi connectivity index (χ2n) is 5.74. The van der Waals surface area contributed by atoms with E-state index in [0.717, 1.165) is 0 Å². The molecule has 0 saturated carbocycles. The summed E-state index contributed by atoms with van der Waals surface area (Å²) in [6.45, 7) is 9.39. The quantitative estimate of drug-likeness (QED) is 0.834. The van der Waals surface area contributed by atoms with Gasteiger partial charge in [0, 0.05) is 5.92 Å². The standard InChI is InChI=1S/C16H24O3/c1-12-13(2)18-16(3,4)19-15(12)11-17-10-14-8-6-5-7-9-14/h5-9,12-13,15H,10-11H2,1-4H3/t12-,13+,15-/m0/s1. The molecular weight excluding hydrogens is 240 g/mol. The largest absolute Gasteiger partial charge is 0.374 e. The lowest BCUT2D eigenvalue weighted by molar-refractivity contribution is -0.321. The van der Waals surface area contributed by atoms with Crippen LogP contribution >= 0.6 is 0 Å². The van der Waals surface area contributed by atoms with E-state index in [2.05, 4.69) is 26.0 Å². The van der Waals surface area contributed by atoms with Crippen molar-refractivity contribution in [3.63, 3.8) is 0 Å². The summed E-state index contributed by atoms with van der Waals surface area (Å²) in [5, 5.41) is 0. The van der Waals surface area contributed by atoms with Gasteiger partial charge in [-0.05, 0) is 26.3 Å². The molecule has 0 aliphatic carbocycles. The van der Waals surface area contributed by atoms with Gasteiger partial charge in [-0.1, -0.05) is 37.3 Å². The first kappa shape index (κ1) is 14.5. The minimum Gasteiger partial charge on any atom is -0.374 e. The van der Waals surface area contributed by atoms with Crippen LogP contribution in [0.15, 0.2) is 30.3 Å². The average Bonchev–Trinajstić information content (AvgIpc) is 2.36. The van der Waals surface area contributed by atoms with Gasteiger partial charge in [-0.2, -0.15) is 0 Å². The molecule has 1 saturated heterocycles. The second-order valence-corrected chi connectivity index (χ2v) is 5.74. The molecule has 0 amide bonds. The second kappa shape index (κ2) is 6.04. The SMILES string of the molecule is C[C@@H]1[C@H](COCc2ccccc2)OC(C)(C)O[C@@H]1C. The predicted octanol–water partition coefficient (Wildman–Crippen LogP) is 3.38. The van der Waals surface area contributed by atoms with Gasteiger partial charge >= 0.3 is 0 Å². The van der Waals surface area contributed by atoms with Crippen LogP contribution in [0, 0.1) is 5.92 Å². The van der Waals surface area contributed by atoms with E-state index in [9.17, 15) is 0 Å². The molecule has 1 fully saturated rings. The van der Waals surface area contributed by atoms with Crippen LogP contribution < -0.4 is 0 Å². The normalized spacial score (nSPS) is 30.2. The van der Waals surface area contributed by atoms with Crippen molar-refractivity contribution in [1.29, 1.82) is 0 Å². The zero-order chi connectivity index (χ0) is 13.9. The Morgan fingerprint density at radius 2 is 1.79 bits per heavy atom. The van der Waals surface area contributed by atoms with E-state index in [0.29, 0.717) is 19.1 Å². The van der Waals surface area contributed by atoms with E-state index in [1.165, 1.54) is 5.56 Å². The number of hydrogen-bond acceptors (Lipinski definition) is 3. The molecule has 0 bridgehead atoms. The van der Waals surface area contributed by atoms with E-state index >= 15 is 0 Å². The third-order valence-corrected chi connectivity index (χ3v) is 3.63. The molecule has 1 aliphatic heterocycles. The molecule has 0 spiro atoms. The summed E-state index contributed by atoms with van der Waals surface area (Å²) in [7, 11) is 0. The minimum atomic E-state index is -0.521. The Morgan fingerprint density at radius 1 is 1.11 bits per heavy atom. The van der Waals surface area contributed by atoms with Crippen LogP contribution in [0.25, 0.3) is 0 Å². The summed E-state index contributed by atoms with van der Waals surface area (Å²) < 4.78 is 17.5. The summed E-state index contributed by atoms with van der Waals surface area (Å²) in [5.41, 5.74) is 1.19. The van der Waals surface area contributed by atoms with Gasteiger partial charge < -0.3 is 14.2 Å². The summed E-state index contributed by atoms with van der Waals surface area (Å²) >= 11 is 0. The van der Waals surface area contributed by atoms with Gasteiger partial charge in [0.15, 0.2) is 5.79 Å². The fourth-order valence-electron chi connectivity index (χ4n) is 2.41. The molecule has 0 N–H and O–H groups in total. The molecule has 19 heavy (non-hydrogen) atoms. The van der Waals surface area contributed by atoms with Gasteiger partial charge in [0.05, 0.1) is 25.4 Å². The van der Waals surface area contributed by atoms with E-state index in [1.54, 1.807) is 0 Å². The Bertz CT molecular complexity index is 388. The zero-order valence-electron chi connectivity index (χ0n) is 12.3. The van der Waals surface area contributed by atoms with Crippen molar-refractivity contribution in [3.05, 3.63) is 35.9 Å². The highest BCUT2D eigenvalue weighted by atomic mass is 16.7. The fourth-order valence-corrected chi connectivity index (χ4v) is 2.41. The van der Waals surface area contributed by atoms with Crippen LogP contribution in [0.5, 0.6) is 0 Å². The van der Waals surface area contributed by atoms with Gasteiger partial charge in [-0.25, -0.2) is 0 Å². The molecule has 3 atom stereocenters. The van der Waals surface area contributed by atoms with Crippen LogP contribution in [0.3, 0.4) is 0 Å². The lowest BCUT2D eigenvalue weighted by Crippen LogP contribution is -2.50. The summed E-state index contributed by atoms with van der Waals surface area (Å²) in [6.07, 6.45) is 0.275. The van der Waals surface area contributed by atoms with Crippen LogP contribution in [-0.4, -0.2) is 24.6 Å². The molecule has 1 aromatic rings. The van der Waals surface area contributed by atoms with E-state index in [4.69, 9.17) is 14.2 Å². The topological polar surface area (TPSA) is 27.7 Å². The van der Waals surface area contributed by atoms with Crippen molar-refractivity contribution in [3.8, 4) is 0 Å². The first-order valence-electron chi connectivity index (χ1n) is 6.95. The molecule has 1 aromatic carbocycles. The Kier molecular flexibility index (Phi) is 4.61. The predicted molar refractivity (Wildman–Crippen MR) is 74.8 cm³/mol. The first-order valence-corrected chi connectivity index (χ1v) is 6.95. The molecule has 106 valence electrons. The molecular formula is C16H24O3. The maximum absolute atomic E-state index is 5.95. The van der Waals surface area contributed by atoms with Crippen LogP contribution in [-0.2, 0) is 20.8 Å². The highest BCUT2D eigenvalue weighted by Gasteiger charge is 2.38. The Morgan fingerprint density at radius 3 is 2.47 bits per heavy atom. The summed E-state index contributed by atoms with van der Waals surface area (Å²) in [4.78, 5) is 0. The van der Waals surface area contributed by atoms with Crippen molar-refractivity contribution >= 4 is 0 Å². The van der Waals surface area contributed by atoms with E-state index in [-0.39, 0.29) is 12.2 Å². The van der Waals surface area contributed by atoms with Crippen LogP contribution in [0.4, 0.5) is 0 Å². The van der Waals surface area contributed by atoms with Gasteiger partial charge in [-0.3, -0.25) is 0 Å². The van der Waals surface area contributed by atoms with Gasteiger partial charge in [0.1, 0.15) is 0 Å². The highest BCUT2D eigenvalue weighted by molar-refractivity contribution is 5.13. The van der Waals surface area contributed by atoms with E-state index in [1.807, 2.05) is 32.0 Å². The average molecular weight is 264 g/mol. The molecule has 3 nitrogen and oxygen atoms in total. The van der Waals surface area contributed by atoms with Crippen molar-refractivity contribution in [1.82, 2.24) is 0 Å². The summed E-state index contributed by atoms with van der Waals surface area (Å²) in [6, 6.07) is 10.2. The Hall–Kier alpha value is -0.900. The summed E-state index contributed by atoms with van der Waals surface area (Å²) in [5.74, 6) is -0.184. The molecule has 3 heteroatoms. The van der Waals surface area contributed by atoms with Crippen molar-refractivity contribution in [2.75, 3.05) is 6.61 Å². The third kappa shape index (κ3) is 4.03. The Labute approximate surface area is 115 Å². The zero-order valence-corrected chi connectivity index (χ0v) is 12.3. The van der Waals surface area contributed by atoms with E-state index < -0.39 is 5.79 Å². The molecule has 2 rings (SSSR count). The van der Waals surface area contributed by atoms with Crippen molar-refractivity contribution in [2.24, 2.45) is 5.92 Å². The molecule has 0 aromatic heterocycles. The number of rotatable bonds is 4. The lowest BCUT2D eigenvalue weighted by atomic mass is 9.97. The van der Waals surface area contributed by atoms with Gasteiger partial charge in [0.2, 0.25) is 0 Å². The van der Waals surface area contributed by atoms with Gasteiger partial charge in [0.25, 0.3) is 0 Å². The lowest BCUT2D eigenvalue weighted by Gasteiger charge is -2.43. The molecule has 0 unspecified atom stereocenters. The Balaban J connectivity index is 1.84. The molecule has 0 radical (unpaired) electrons. The smallest absolute Gasteiger partial charge is 0.163 e. The third-order valence-electron chi connectivity index (χ3n) is 3.63. The molecule has 1 aliphatic rings. The maximum atomic E-state index is 5.95.